The second-order valence-corrected chi connectivity index (χ2v) is 4.47. The van der Waals surface area contributed by atoms with Gasteiger partial charge in [-0.2, -0.15) is 0 Å². The summed E-state index contributed by atoms with van der Waals surface area (Å²) in [6.45, 7) is 2.00. The summed E-state index contributed by atoms with van der Waals surface area (Å²) < 4.78 is 1.21. The van der Waals surface area contributed by atoms with Crippen LogP contribution >= 0.6 is 0 Å². The molecule has 0 bridgehead atoms. The standard InChI is InChI=1S/C10H16N4O3/c15-13(16)10-11-4-5-12(10)6-9-14(17)7-2-1-3-8-14/h4-5H,1-3,6-9H2. The molecule has 17 heavy (non-hydrogen) atoms. The number of hydroxylamine groups is 3. The zero-order chi connectivity index (χ0) is 12.3. The normalized spacial score (nSPS) is 19.1. The number of quaternary nitrogens is 1. The van der Waals surface area contributed by atoms with E-state index >= 15 is 0 Å². The number of hydrogen-bond donors (Lipinski definition) is 0. The van der Waals surface area contributed by atoms with E-state index in [9.17, 15) is 15.3 Å². The second kappa shape index (κ2) is 4.80. The number of likely N-dealkylation sites (tertiary alicyclic amines) is 1. The van der Waals surface area contributed by atoms with E-state index in [-0.39, 0.29) is 10.6 Å². The zero-order valence-electron chi connectivity index (χ0n) is 9.62. The molecule has 2 rings (SSSR count). The van der Waals surface area contributed by atoms with Gasteiger partial charge in [0.25, 0.3) is 0 Å². The van der Waals surface area contributed by atoms with Gasteiger partial charge in [0, 0.05) is 0 Å². The van der Waals surface area contributed by atoms with Crippen molar-refractivity contribution in [3.63, 3.8) is 0 Å². The van der Waals surface area contributed by atoms with Crippen LogP contribution in [0.2, 0.25) is 0 Å². The molecule has 0 spiro atoms. The SMILES string of the molecule is O=[N+]([O-])c1nccn1CC[N+]1([O-])CCCCC1. The summed E-state index contributed by atoms with van der Waals surface area (Å²) in [5.41, 5.74) is 0. The third-order valence-electron chi connectivity index (χ3n) is 3.24. The first-order chi connectivity index (χ1) is 8.11. The van der Waals surface area contributed by atoms with Crippen LogP contribution < -0.4 is 0 Å². The molecule has 0 atom stereocenters. The van der Waals surface area contributed by atoms with Gasteiger partial charge in [0.15, 0.2) is 0 Å². The van der Waals surface area contributed by atoms with Crippen molar-refractivity contribution in [2.45, 2.75) is 25.8 Å². The van der Waals surface area contributed by atoms with Gasteiger partial charge in [0.1, 0.15) is 25.5 Å². The number of piperidine rings is 1. The maximum atomic E-state index is 12.2. The average molecular weight is 240 g/mol. The molecule has 0 aliphatic carbocycles. The van der Waals surface area contributed by atoms with Crippen molar-refractivity contribution >= 4 is 5.95 Å². The van der Waals surface area contributed by atoms with Crippen LogP contribution in [0.15, 0.2) is 12.4 Å². The molecule has 1 aromatic rings. The lowest BCUT2D eigenvalue weighted by atomic mass is 10.1. The van der Waals surface area contributed by atoms with E-state index in [0.717, 1.165) is 19.3 Å². The topological polar surface area (TPSA) is 84.0 Å². The van der Waals surface area contributed by atoms with E-state index in [2.05, 4.69) is 4.98 Å². The second-order valence-electron chi connectivity index (χ2n) is 4.47. The maximum Gasteiger partial charge on any atom is 0.434 e. The Hall–Kier alpha value is -1.47. The van der Waals surface area contributed by atoms with Crippen molar-refractivity contribution in [2.24, 2.45) is 0 Å². The Balaban J connectivity index is 1.97. The van der Waals surface area contributed by atoms with Crippen molar-refractivity contribution in [3.05, 3.63) is 27.7 Å². The van der Waals surface area contributed by atoms with E-state index in [0.29, 0.717) is 26.2 Å². The Kier molecular flexibility index (Phi) is 3.39. The van der Waals surface area contributed by atoms with E-state index in [4.69, 9.17) is 0 Å². The Labute approximate surface area is 99.0 Å². The zero-order valence-corrected chi connectivity index (χ0v) is 9.62. The van der Waals surface area contributed by atoms with Crippen molar-refractivity contribution in [2.75, 3.05) is 19.6 Å². The van der Waals surface area contributed by atoms with Gasteiger partial charge in [0.05, 0.1) is 13.1 Å². The third kappa shape index (κ3) is 2.80. The van der Waals surface area contributed by atoms with Crippen LogP contribution in [0.25, 0.3) is 0 Å². The minimum absolute atomic E-state index is 0.186. The molecule has 94 valence electrons. The molecule has 0 unspecified atom stereocenters. The van der Waals surface area contributed by atoms with Crippen LogP contribution in [-0.4, -0.2) is 38.8 Å². The largest absolute Gasteiger partial charge is 0.633 e. The molecule has 1 aliphatic heterocycles. The molecule has 0 radical (unpaired) electrons. The fraction of sp³-hybridized carbons (Fsp3) is 0.700. The van der Waals surface area contributed by atoms with E-state index in [1.165, 1.54) is 10.8 Å². The molecule has 1 aromatic heterocycles. The highest BCUT2D eigenvalue weighted by Gasteiger charge is 2.23. The van der Waals surface area contributed by atoms with Crippen LogP contribution in [0.3, 0.4) is 0 Å². The summed E-state index contributed by atoms with van der Waals surface area (Å²) in [4.78, 5) is 13.8. The number of hydrogen-bond acceptors (Lipinski definition) is 4. The molecule has 0 amide bonds. The molecule has 2 heterocycles. The van der Waals surface area contributed by atoms with Crippen LogP contribution in [0, 0.1) is 15.3 Å². The van der Waals surface area contributed by atoms with Gasteiger partial charge >= 0.3 is 5.95 Å². The Bertz CT molecular complexity index is 398. The van der Waals surface area contributed by atoms with Crippen molar-refractivity contribution < 1.29 is 9.57 Å². The summed E-state index contributed by atoms with van der Waals surface area (Å²) in [6, 6.07) is 0. The van der Waals surface area contributed by atoms with Gasteiger partial charge in [0.2, 0.25) is 0 Å². The molecule has 1 aliphatic rings. The fourth-order valence-corrected chi connectivity index (χ4v) is 2.25. The van der Waals surface area contributed by atoms with Crippen LogP contribution in [-0.2, 0) is 6.54 Å². The molecular weight excluding hydrogens is 224 g/mol. The van der Waals surface area contributed by atoms with Crippen LogP contribution in [0.1, 0.15) is 19.3 Å². The summed E-state index contributed by atoms with van der Waals surface area (Å²) in [7, 11) is 0. The molecule has 7 heteroatoms. The number of imidazole rings is 1. The summed E-state index contributed by atoms with van der Waals surface area (Å²) in [5.74, 6) is -0.186. The molecule has 1 saturated heterocycles. The lowest BCUT2D eigenvalue weighted by Gasteiger charge is -2.45. The lowest BCUT2D eigenvalue weighted by molar-refractivity contribution is -0.886. The molecule has 0 saturated carbocycles. The Morgan fingerprint density at radius 3 is 2.76 bits per heavy atom. The average Bonchev–Trinajstić information content (AvgIpc) is 2.76. The minimum atomic E-state index is -0.522. The first-order valence-corrected chi connectivity index (χ1v) is 5.83. The van der Waals surface area contributed by atoms with Crippen molar-refractivity contribution in [3.8, 4) is 0 Å². The summed E-state index contributed by atoms with van der Waals surface area (Å²) >= 11 is 0. The first kappa shape index (κ1) is 12.0. The predicted molar refractivity (Wildman–Crippen MR) is 61.0 cm³/mol. The number of aromatic nitrogens is 2. The fourth-order valence-electron chi connectivity index (χ4n) is 2.25. The molecule has 1 fully saturated rings. The van der Waals surface area contributed by atoms with E-state index < -0.39 is 4.92 Å². The summed E-state index contributed by atoms with van der Waals surface area (Å²) in [5, 5.41) is 22.9. The smallest absolute Gasteiger partial charge is 0.434 e. The molecular formula is C10H16N4O3. The first-order valence-electron chi connectivity index (χ1n) is 5.83. The third-order valence-corrected chi connectivity index (χ3v) is 3.24. The van der Waals surface area contributed by atoms with Crippen LogP contribution in [0.4, 0.5) is 5.95 Å². The Morgan fingerprint density at radius 2 is 2.12 bits per heavy atom. The van der Waals surface area contributed by atoms with Crippen LogP contribution in [0.5, 0.6) is 0 Å². The van der Waals surface area contributed by atoms with E-state index in [1.54, 1.807) is 6.20 Å². The van der Waals surface area contributed by atoms with Crippen molar-refractivity contribution in [1.29, 1.82) is 0 Å². The molecule has 0 aromatic carbocycles. The van der Waals surface area contributed by atoms with E-state index in [1.807, 2.05) is 0 Å². The molecule has 7 nitrogen and oxygen atoms in total. The highest BCUT2D eigenvalue weighted by Crippen LogP contribution is 2.18. The highest BCUT2D eigenvalue weighted by molar-refractivity contribution is 5.06. The van der Waals surface area contributed by atoms with Gasteiger partial charge in [-0.1, -0.05) is 4.98 Å². The number of nitro groups is 1. The summed E-state index contributed by atoms with van der Waals surface area (Å²) in [6.07, 6.45) is 5.97. The van der Waals surface area contributed by atoms with Crippen molar-refractivity contribution in [1.82, 2.24) is 9.55 Å². The minimum Gasteiger partial charge on any atom is -0.633 e. The quantitative estimate of drug-likeness (QED) is 0.343. The number of nitrogens with zero attached hydrogens (tertiary/aromatic N) is 4. The number of rotatable bonds is 4. The van der Waals surface area contributed by atoms with Gasteiger partial charge in [-0.15, -0.1) is 0 Å². The monoisotopic (exact) mass is 240 g/mol. The lowest BCUT2D eigenvalue weighted by Crippen LogP contribution is -2.47. The van der Waals surface area contributed by atoms with Gasteiger partial charge in [-0.05, 0) is 24.2 Å². The molecule has 0 N–H and O–H groups in total. The van der Waals surface area contributed by atoms with Gasteiger partial charge in [-0.25, -0.2) is 4.57 Å². The maximum absolute atomic E-state index is 12.2. The highest BCUT2D eigenvalue weighted by atomic mass is 16.6. The predicted octanol–water partition coefficient (Wildman–Crippen LogP) is 1.29. The van der Waals surface area contributed by atoms with Gasteiger partial charge in [-0.3, -0.25) is 0 Å². The Morgan fingerprint density at radius 1 is 1.41 bits per heavy atom. The van der Waals surface area contributed by atoms with Gasteiger partial charge < -0.3 is 20.0 Å².